The van der Waals surface area contributed by atoms with Crippen molar-refractivity contribution >= 4 is 11.0 Å². The number of hydrogen-bond acceptors (Lipinski definition) is 4. The first-order valence-electron chi connectivity index (χ1n) is 7.74. The topological polar surface area (TPSA) is 49.5 Å². The van der Waals surface area contributed by atoms with E-state index in [4.69, 9.17) is 4.52 Å². The second kappa shape index (κ2) is 5.66. The van der Waals surface area contributed by atoms with Gasteiger partial charge in [-0.05, 0) is 48.7 Å². The standard InChI is InChI=1S/C18H17FN2O2/c19-14-4-5-16-17(20-23-18(16)9-14)11-21-7-6-13(10-21)12-2-1-3-15(22)8-12/h1-5,8-9,13,22H,6-7,10-11H2. The Morgan fingerprint density at radius 1 is 1.26 bits per heavy atom. The van der Waals surface area contributed by atoms with E-state index >= 15 is 0 Å². The van der Waals surface area contributed by atoms with Crippen molar-refractivity contribution in [3.8, 4) is 5.75 Å². The highest BCUT2D eigenvalue weighted by Gasteiger charge is 2.25. The van der Waals surface area contributed by atoms with Crippen LogP contribution in [0.4, 0.5) is 4.39 Å². The van der Waals surface area contributed by atoms with Crippen LogP contribution in [0, 0.1) is 5.82 Å². The van der Waals surface area contributed by atoms with Crippen molar-refractivity contribution in [3.63, 3.8) is 0 Å². The van der Waals surface area contributed by atoms with E-state index in [1.165, 1.54) is 17.7 Å². The molecule has 1 aliphatic heterocycles. The SMILES string of the molecule is Oc1cccc(C2CCN(Cc3noc4cc(F)ccc34)C2)c1. The van der Waals surface area contributed by atoms with E-state index in [-0.39, 0.29) is 5.82 Å². The third-order valence-corrected chi connectivity index (χ3v) is 4.50. The maximum atomic E-state index is 13.2. The number of aromatic hydroxyl groups is 1. The van der Waals surface area contributed by atoms with Gasteiger partial charge in [0.25, 0.3) is 0 Å². The van der Waals surface area contributed by atoms with Crippen LogP contribution in [0.2, 0.25) is 0 Å². The zero-order chi connectivity index (χ0) is 15.8. The van der Waals surface area contributed by atoms with Gasteiger partial charge in [-0.2, -0.15) is 0 Å². The van der Waals surface area contributed by atoms with Crippen molar-refractivity contribution in [1.82, 2.24) is 10.1 Å². The molecule has 1 aliphatic rings. The molecule has 1 unspecified atom stereocenters. The number of phenolic OH excluding ortho intramolecular Hbond substituents is 1. The molecule has 1 aromatic heterocycles. The molecule has 2 heterocycles. The zero-order valence-electron chi connectivity index (χ0n) is 12.6. The summed E-state index contributed by atoms with van der Waals surface area (Å²) in [4.78, 5) is 2.31. The van der Waals surface area contributed by atoms with Gasteiger partial charge in [0.15, 0.2) is 5.58 Å². The summed E-state index contributed by atoms with van der Waals surface area (Å²) in [5.41, 5.74) is 2.50. The first kappa shape index (κ1) is 14.2. The van der Waals surface area contributed by atoms with E-state index in [1.54, 1.807) is 12.1 Å². The molecule has 3 aromatic rings. The quantitative estimate of drug-likeness (QED) is 0.802. The summed E-state index contributed by atoms with van der Waals surface area (Å²) in [7, 11) is 0. The number of aromatic nitrogens is 1. The number of benzene rings is 2. The van der Waals surface area contributed by atoms with Crippen LogP contribution in [-0.2, 0) is 6.54 Å². The smallest absolute Gasteiger partial charge is 0.170 e. The highest BCUT2D eigenvalue weighted by atomic mass is 19.1. The Kier molecular flexibility index (Phi) is 3.50. The van der Waals surface area contributed by atoms with Crippen molar-refractivity contribution in [1.29, 1.82) is 0 Å². The molecule has 0 bridgehead atoms. The third-order valence-electron chi connectivity index (χ3n) is 4.50. The highest BCUT2D eigenvalue weighted by molar-refractivity contribution is 5.79. The molecule has 5 heteroatoms. The number of rotatable bonds is 3. The minimum atomic E-state index is -0.315. The van der Waals surface area contributed by atoms with Gasteiger partial charge in [-0.25, -0.2) is 4.39 Å². The maximum absolute atomic E-state index is 13.2. The largest absolute Gasteiger partial charge is 0.508 e. The second-order valence-corrected chi connectivity index (χ2v) is 6.09. The molecule has 1 atom stereocenters. The predicted molar refractivity (Wildman–Crippen MR) is 84.7 cm³/mol. The Bertz CT molecular complexity index is 846. The van der Waals surface area contributed by atoms with Crippen molar-refractivity contribution in [2.24, 2.45) is 0 Å². The van der Waals surface area contributed by atoms with Crippen LogP contribution in [0.1, 0.15) is 23.6 Å². The summed E-state index contributed by atoms with van der Waals surface area (Å²) in [6.07, 6.45) is 1.05. The number of phenols is 1. The summed E-state index contributed by atoms with van der Waals surface area (Å²) in [6, 6.07) is 12.0. The van der Waals surface area contributed by atoms with E-state index in [1.807, 2.05) is 12.1 Å². The molecule has 1 saturated heterocycles. The van der Waals surface area contributed by atoms with Gasteiger partial charge in [0.2, 0.25) is 0 Å². The van der Waals surface area contributed by atoms with E-state index < -0.39 is 0 Å². The summed E-state index contributed by atoms with van der Waals surface area (Å²) < 4.78 is 18.4. The first-order chi connectivity index (χ1) is 11.2. The Balaban J connectivity index is 1.49. The maximum Gasteiger partial charge on any atom is 0.170 e. The molecule has 4 rings (SSSR count). The molecular formula is C18H17FN2O2. The molecular weight excluding hydrogens is 295 g/mol. The van der Waals surface area contributed by atoms with Crippen LogP contribution in [0.5, 0.6) is 5.75 Å². The molecule has 118 valence electrons. The molecule has 1 fully saturated rings. The van der Waals surface area contributed by atoms with Gasteiger partial charge in [-0.1, -0.05) is 17.3 Å². The molecule has 2 aromatic carbocycles. The number of fused-ring (bicyclic) bond motifs is 1. The average Bonchev–Trinajstić information content (AvgIpc) is 3.15. The number of nitrogens with zero attached hydrogens (tertiary/aromatic N) is 2. The summed E-state index contributed by atoms with van der Waals surface area (Å²) in [5, 5.41) is 14.6. The Hall–Kier alpha value is -2.40. The minimum absolute atomic E-state index is 0.311. The molecule has 0 saturated carbocycles. The number of likely N-dealkylation sites (tertiary alicyclic amines) is 1. The monoisotopic (exact) mass is 312 g/mol. The molecule has 4 nitrogen and oxygen atoms in total. The number of hydrogen-bond donors (Lipinski definition) is 1. The van der Waals surface area contributed by atoms with Crippen molar-refractivity contribution in [2.75, 3.05) is 13.1 Å². The lowest BCUT2D eigenvalue weighted by molar-refractivity contribution is 0.313. The second-order valence-electron chi connectivity index (χ2n) is 6.09. The van der Waals surface area contributed by atoms with Crippen LogP contribution in [-0.4, -0.2) is 28.3 Å². The Morgan fingerprint density at radius 3 is 3.04 bits per heavy atom. The normalized spacial score (nSPS) is 18.7. The van der Waals surface area contributed by atoms with Crippen molar-refractivity contribution in [3.05, 3.63) is 59.5 Å². The van der Waals surface area contributed by atoms with Crippen LogP contribution in [0.3, 0.4) is 0 Å². The van der Waals surface area contributed by atoms with Gasteiger partial charge in [0, 0.05) is 24.5 Å². The van der Waals surface area contributed by atoms with Gasteiger partial charge < -0.3 is 9.63 Å². The molecule has 0 radical (unpaired) electrons. The van der Waals surface area contributed by atoms with Gasteiger partial charge >= 0.3 is 0 Å². The van der Waals surface area contributed by atoms with E-state index in [9.17, 15) is 9.50 Å². The van der Waals surface area contributed by atoms with Crippen molar-refractivity contribution < 1.29 is 14.0 Å². The van der Waals surface area contributed by atoms with Crippen molar-refractivity contribution in [2.45, 2.75) is 18.9 Å². The van der Waals surface area contributed by atoms with Gasteiger partial charge in [0.05, 0.1) is 0 Å². The lowest BCUT2D eigenvalue weighted by atomic mass is 9.98. The fourth-order valence-corrected chi connectivity index (χ4v) is 3.32. The Morgan fingerprint density at radius 2 is 2.17 bits per heavy atom. The minimum Gasteiger partial charge on any atom is -0.508 e. The molecule has 0 amide bonds. The van der Waals surface area contributed by atoms with E-state index in [0.717, 1.165) is 30.6 Å². The Labute approximate surface area is 133 Å². The lowest BCUT2D eigenvalue weighted by Crippen LogP contribution is -2.20. The van der Waals surface area contributed by atoms with Crippen LogP contribution >= 0.6 is 0 Å². The van der Waals surface area contributed by atoms with Gasteiger partial charge in [-0.3, -0.25) is 4.90 Å². The fraction of sp³-hybridized carbons (Fsp3) is 0.278. The molecule has 1 N–H and O–H groups in total. The highest BCUT2D eigenvalue weighted by Crippen LogP contribution is 2.30. The summed E-state index contributed by atoms with van der Waals surface area (Å²) in [6.45, 7) is 2.57. The molecule has 0 aliphatic carbocycles. The molecule has 0 spiro atoms. The number of halogens is 1. The average molecular weight is 312 g/mol. The van der Waals surface area contributed by atoms with Crippen LogP contribution in [0.25, 0.3) is 11.0 Å². The summed E-state index contributed by atoms with van der Waals surface area (Å²) >= 11 is 0. The molecule has 23 heavy (non-hydrogen) atoms. The lowest BCUT2D eigenvalue weighted by Gasteiger charge is -2.15. The third kappa shape index (κ3) is 2.80. The van der Waals surface area contributed by atoms with Gasteiger partial charge in [-0.15, -0.1) is 0 Å². The van der Waals surface area contributed by atoms with Crippen LogP contribution < -0.4 is 0 Å². The zero-order valence-corrected chi connectivity index (χ0v) is 12.6. The predicted octanol–water partition coefficient (Wildman–Crippen LogP) is 3.66. The van der Waals surface area contributed by atoms with Crippen LogP contribution in [0.15, 0.2) is 47.0 Å². The first-order valence-corrected chi connectivity index (χ1v) is 7.74. The summed E-state index contributed by atoms with van der Waals surface area (Å²) in [5.74, 6) is 0.411. The van der Waals surface area contributed by atoms with Gasteiger partial charge in [0.1, 0.15) is 17.3 Å². The van der Waals surface area contributed by atoms with E-state index in [0.29, 0.717) is 23.8 Å². The van der Waals surface area contributed by atoms with E-state index in [2.05, 4.69) is 16.1 Å². The fourth-order valence-electron chi connectivity index (χ4n) is 3.32.